The van der Waals surface area contributed by atoms with Gasteiger partial charge < -0.3 is 18.9 Å². The lowest BCUT2D eigenvalue weighted by molar-refractivity contribution is -0.140. The molecule has 0 unspecified atom stereocenters. The number of hydrogen-bond acceptors (Lipinski definition) is 7. The van der Waals surface area contributed by atoms with Crippen LogP contribution >= 0.6 is 0 Å². The first-order valence-electron chi connectivity index (χ1n) is 10.1. The number of carbonyl (C=O) groups excluding carboxylic acids is 3. The average molecular weight is 440 g/mol. The van der Waals surface area contributed by atoms with E-state index in [1.54, 1.807) is 24.3 Å². The molecular formula is C25H28O7. The van der Waals surface area contributed by atoms with E-state index < -0.39 is 5.97 Å². The highest BCUT2D eigenvalue weighted by Gasteiger charge is 2.17. The van der Waals surface area contributed by atoms with Gasteiger partial charge >= 0.3 is 11.9 Å². The van der Waals surface area contributed by atoms with E-state index in [2.05, 4.69) is 0 Å². The smallest absolute Gasteiger partial charge is 0.341 e. The summed E-state index contributed by atoms with van der Waals surface area (Å²) in [5, 5.41) is 0. The van der Waals surface area contributed by atoms with Crippen molar-refractivity contribution in [2.45, 2.75) is 26.2 Å². The van der Waals surface area contributed by atoms with E-state index in [0.29, 0.717) is 29.9 Å². The topological polar surface area (TPSA) is 88.1 Å². The van der Waals surface area contributed by atoms with E-state index in [1.807, 2.05) is 18.2 Å². The Labute approximate surface area is 187 Å². The molecule has 0 saturated carbocycles. The maximum atomic E-state index is 12.3. The van der Waals surface area contributed by atoms with Crippen LogP contribution in [0.1, 0.15) is 58.0 Å². The van der Waals surface area contributed by atoms with E-state index in [-0.39, 0.29) is 23.7 Å². The number of methoxy groups -OCH3 is 4. The van der Waals surface area contributed by atoms with Crippen molar-refractivity contribution in [2.24, 2.45) is 0 Å². The molecule has 7 nitrogen and oxygen atoms in total. The Morgan fingerprint density at radius 2 is 1.38 bits per heavy atom. The number of benzene rings is 2. The van der Waals surface area contributed by atoms with Crippen LogP contribution in [0, 0.1) is 0 Å². The minimum atomic E-state index is -0.520. The fourth-order valence-corrected chi connectivity index (χ4v) is 3.29. The van der Waals surface area contributed by atoms with Crippen molar-refractivity contribution in [3.63, 3.8) is 0 Å². The monoisotopic (exact) mass is 440 g/mol. The van der Waals surface area contributed by atoms with Gasteiger partial charge in [-0.3, -0.25) is 9.59 Å². The van der Waals surface area contributed by atoms with Crippen molar-refractivity contribution in [1.82, 2.24) is 0 Å². The number of carbonyl (C=O) groups is 3. The standard InChI is InChI=1S/C25H28O7/c1-16(26)20-14-17(10-12-22(20)29-2)19(8-6-7-9-24(27)31-4)18-11-13-23(30-3)21(15-18)25(28)32-5/h8,10-15H,6-7,9H2,1-5H3/b19-8-. The zero-order chi connectivity index (χ0) is 23.7. The van der Waals surface area contributed by atoms with Gasteiger partial charge in [0.15, 0.2) is 5.78 Å². The van der Waals surface area contributed by atoms with Crippen LogP contribution in [-0.2, 0) is 14.3 Å². The molecule has 0 N–H and O–H groups in total. The van der Waals surface area contributed by atoms with Crippen LogP contribution in [0.4, 0.5) is 0 Å². The van der Waals surface area contributed by atoms with Crippen LogP contribution in [0.25, 0.3) is 5.57 Å². The summed E-state index contributed by atoms with van der Waals surface area (Å²) in [4.78, 5) is 35.9. The normalized spacial score (nSPS) is 11.0. The molecule has 32 heavy (non-hydrogen) atoms. The molecule has 0 atom stereocenters. The maximum absolute atomic E-state index is 12.3. The third kappa shape index (κ3) is 5.97. The molecule has 0 heterocycles. The van der Waals surface area contributed by atoms with Crippen LogP contribution in [0.15, 0.2) is 42.5 Å². The van der Waals surface area contributed by atoms with Crippen molar-refractivity contribution in [1.29, 1.82) is 0 Å². The number of unbranched alkanes of at least 4 members (excludes halogenated alkanes) is 1. The summed E-state index contributed by atoms with van der Waals surface area (Å²) in [7, 11) is 5.65. The van der Waals surface area contributed by atoms with Gasteiger partial charge in [0.1, 0.15) is 17.1 Å². The molecule has 2 aromatic carbocycles. The van der Waals surface area contributed by atoms with Crippen LogP contribution < -0.4 is 9.47 Å². The Hall–Kier alpha value is -3.61. The molecule has 0 bridgehead atoms. The predicted octanol–water partition coefficient (Wildman–Crippen LogP) is 4.47. The fourth-order valence-electron chi connectivity index (χ4n) is 3.29. The zero-order valence-corrected chi connectivity index (χ0v) is 19.0. The van der Waals surface area contributed by atoms with E-state index in [1.165, 1.54) is 35.4 Å². The van der Waals surface area contributed by atoms with Gasteiger partial charge in [0.05, 0.1) is 34.0 Å². The minimum Gasteiger partial charge on any atom is -0.496 e. The van der Waals surface area contributed by atoms with E-state index >= 15 is 0 Å². The molecule has 0 aromatic heterocycles. The van der Waals surface area contributed by atoms with Crippen molar-refractivity contribution < 1.29 is 33.3 Å². The summed E-state index contributed by atoms with van der Waals surface area (Å²) >= 11 is 0. The molecule has 0 fully saturated rings. The van der Waals surface area contributed by atoms with Gasteiger partial charge in [-0.2, -0.15) is 0 Å². The molecular weight excluding hydrogens is 412 g/mol. The third-order valence-corrected chi connectivity index (χ3v) is 4.97. The second-order valence-electron chi connectivity index (χ2n) is 6.96. The van der Waals surface area contributed by atoms with Gasteiger partial charge in [0.25, 0.3) is 0 Å². The highest BCUT2D eigenvalue weighted by atomic mass is 16.5. The molecule has 0 aliphatic carbocycles. The van der Waals surface area contributed by atoms with Gasteiger partial charge in [-0.05, 0) is 60.7 Å². The molecule has 0 amide bonds. The van der Waals surface area contributed by atoms with Gasteiger partial charge in [0, 0.05) is 6.42 Å². The number of rotatable bonds is 10. The summed E-state index contributed by atoms with van der Waals surface area (Å²) in [6.45, 7) is 1.48. The molecule has 0 spiro atoms. The molecule has 0 saturated heterocycles. The molecule has 0 aliphatic heterocycles. The van der Waals surface area contributed by atoms with Gasteiger partial charge in [-0.1, -0.05) is 18.2 Å². The number of allylic oxidation sites excluding steroid dienone is 1. The summed E-state index contributed by atoms with van der Waals surface area (Å²) in [6.07, 6.45) is 3.44. The quantitative estimate of drug-likeness (QED) is 0.306. The molecule has 170 valence electrons. The van der Waals surface area contributed by atoms with Crippen molar-refractivity contribution in [3.8, 4) is 11.5 Å². The molecule has 0 radical (unpaired) electrons. The minimum absolute atomic E-state index is 0.126. The highest BCUT2D eigenvalue weighted by molar-refractivity contribution is 5.99. The Balaban J connectivity index is 2.57. The first-order chi connectivity index (χ1) is 15.4. The Morgan fingerprint density at radius 1 is 0.812 bits per heavy atom. The van der Waals surface area contributed by atoms with E-state index in [9.17, 15) is 14.4 Å². The SMILES string of the molecule is COC(=O)CCC/C=C(/c1ccc(OC)c(C(C)=O)c1)c1ccc(OC)c(C(=O)OC)c1. The number of ketones is 1. The van der Waals surface area contributed by atoms with Crippen molar-refractivity contribution >= 4 is 23.3 Å². The lowest BCUT2D eigenvalue weighted by atomic mass is 9.92. The number of ether oxygens (including phenoxy) is 4. The summed E-state index contributed by atoms with van der Waals surface area (Å²) < 4.78 is 20.2. The zero-order valence-electron chi connectivity index (χ0n) is 19.0. The van der Waals surface area contributed by atoms with Crippen molar-refractivity contribution in [2.75, 3.05) is 28.4 Å². The molecule has 0 aliphatic rings. The Bertz CT molecular complexity index is 1020. The molecule has 7 heteroatoms. The number of Topliss-reactive ketones (excluding diaryl/α,β-unsaturated/α-hetero) is 1. The lowest BCUT2D eigenvalue weighted by Crippen LogP contribution is -2.05. The van der Waals surface area contributed by atoms with Crippen LogP contribution in [-0.4, -0.2) is 46.2 Å². The van der Waals surface area contributed by atoms with Gasteiger partial charge in [-0.25, -0.2) is 4.79 Å². The van der Waals surface area contributed by atoms with Crippen LogP contribution in [0.2, 0.25) is 0 Å². The van der Waals surface area contributed by atoms with E-state index in [4.69, 9.17) is 18.9 Å². The summed E-state index contributed by atoms with van der Waals surface area (Å²) in [5.41, 5.74) is 3.05. The molecule has 2 aromatic rings. The van der Waals surface area contributed by atoms with Crippen LogP contribution in [0.5, 0.6) is 11.5 Å². The van der Waals surface area contributed by atoms with Crippen molar-refractivity contribution in [3.05, 3.63) is 64.7 Å². The van der Waals surface area contributed by atoms with E-state index in [0.717, 1.165) is 16.7 Å². The van der Waals surface area contributed by atoms with Gasteiger partial charge in [-0.15, -0.1) is 0 Å². The third-order valence-electron chi connectivity index (χ3n) is 4.97. The first-order valence-corrected chi connectivity index (χ1v) is 10.1. The molecule has 2 rings (SSSR count). The van der Waals surface area contributed by atoms with Crippen LogP contribution in [0.3, 0.4) is 0 Å². The Morgan fingerprint density at radius 3 is 1.88 bits per heavy atom. The largest absolute Gasteiger partial charge is 0.496 e. The second kappa shape index (κ2) is 11.7. The fraction of sp³-hybridized carbons (Fsp3) is 0.320. The van der Waals surface area contributed by atoms with Gasteiger partial charge in [0.2, 0.25) is 0 Å². The average Bonchev–Trinajstić information content (AvgIpc) is 2.82. The highest BCUT2D eigenvalue weighted by Crippen LogP contribution is 2.32. The number of hydrogen-bond donors (Lipinski definition) is 0. The first kappa shape index (κ1) is 24.7. The lowest BCUT2D eigenvalue weighted by Gasteiger charge is -2.15. The summed E-state index contributed by atoms with van der Waals surface area (Å²) in [6, 6.07) is 10.6. The summed E-state index contributed by atoms with van der Waals surface area (Å²) in [5.74, 6) is -0.0478. The Kier molecular flexibility index (Phi) is 9.01. The second-order valence-corrected chi connectivity index (χ2v) is 6.96. The number of esters is 2. The predicted molar refractivity (Wildman–Crippen MR) is 120 cm³/mol. The maximum Gasteiger partial charge on any atom is 0.341 e.